The van der Waals surface area contributed by atoms with Gasteiger partial charge in [0.25, 0.3) is 5.91 Å². The number of rotatable bonds is 5. The molecule has 0 radical (unpaired) electrons. The molecule has 0 spiro atoms. The summed E-state index contributed by atoms with van der Waals surface area (Å²) in [5, 5.41) is 3.02. The first-order chi connectivity index (χ1) is 14.4. The van der Waals surface area contributed by atoms with Crippen molar-refractivity contribution in [2.24, 2.45) is 0 Å². The number of aryl methyl sites for hydroxylation is 1. The van der Waals surface area contributed by atoms with E-state index in [0.29, 0.717) is 17.8 Å². The van der Waals surface area contributed by atoms with E-state index in [9.17, 15) is 13.2 Å². The molecular weight excluding hydrogens is 396 g/mol. The van der Waals surface area contributed by atoms with Crippen molar-refractivity contribution in [3.05, 3.63) is 95.1 Å². The Bertz CT molecular complexity index is 1170. The van der Waals surface area contributed by atoms with Gasteiger partial charge in [-0.1, -0.05) is 48.5 Å². The lowest BCUT2D eigenvalue weighted by atomic mass is 10.00. The molecule has 0 unspecified atom stereocenters. The highest BCUT2D eigenvalue weighted by Gasteiger charge is 2.24. The Balaban J connectivity index is 1.57. The Hall–Kier alpha value is -3.12. The molecule has 1 N–H and O–H groups in total. The molecule has 154 valence electrons. The molecule has 3 aromatic rings. The predicted octanol–water partition coefficient (Wildman–Crippen LogP) is 4.24. The standard InChI is InChI=1S/C24H24N2O3S/c1-30(28,29)26-15-7-11-20-17-21(13-14-23(20)26)24(27)25-22-12-6-5-10-19(22)16-18-8-3-2-4-9-18/h2-6,8-10,12-14,17H,7,11,15-16H2,1H3,(H,25,27). The molecule has 30 heavy (non-hydrogen) atoms. The number of anilines is 2. The highest BCUT2D eigenvalue weighted by Crippen LogP contribution is 2.30. The van der Waals surface area contributed by atoms with Crippen molar-refractivity contribution in [2.45, 2.75) is 19.3 Å². The van der Waals surface area contributed by atoms with Crippen molar-refractivity contribution in [3.63, 3.8) is 0 Å². The highest BCUT2D eigenvalue weighted by molar-refractivity contribution is 7.92. The number of sulfonamides is 1. The van der Waals surface area contributed by atoms with Gasteiger partial charge in [-0.25, -0.2) is 8.42 Å². The molecule has 0 aliphatic carbocycles. The van der Waals surface area contributed by atoms with Crippen LogP contribution in [0.5, 0.6) is 0 Å². The second kappa shape index (κ2) is 8.32. The maximum Gasteiger partial charge on any atom is 0.255 e. The van der Waals surface area contributed by atoms with E-state index in [0.717, 1.165) is 36.1 Å². The summed E-state index contributed by atoms with van der Waals surface area (Å²) in [6.07, 6.45) is 3.44. The smallest absolute Gasteiger partial charge is 0.255 e. The first-order valence-corrected chi connectivity index (χ1v) is 11.8. The molecule has 0 saturated heterocycles. The van der Waals surface area contributed by atoms with E-state index < -0.39 is 10.0 Å². The minimum Gasteiger partial charge on any atom is -0.322 e. The van der Waals surface area contributed by atoms with Crippen LogP contribution in [-0.4, -0.2) is 27.1 Å². The van der Waals surface area contributed by atoms with Crippen molar-refractivity contribution in [1.29, 1.82) is 0 Å². The maximum atomic E-state index is 12.9. The average molecular weight is 421 g/mol. The second-order valence-electron chi connectivity index (χ2n) is 7.56. The molecule has 1 aliphatic heterocycles. The molecule has 5 nitrogen and oxygen atoms in total. The number of amides is 1. The van der Waals surface area contributed by atoms with Gasteiger partial charge in [0.05, 0.1) is 11.9 Å². The molecule has 0 aromatic heterocycles. The maximum absolute atomic E-state index is 12.9. The van der Waals surface area contributed by atoms with Gasteiger partial charge >= 0.3 is 0 Å². The third-order valence-corrected chi connectivity index (χ3v) is 6.50. The van der Waals surface area contributed by atoms with Crippen molar-refractivity contribution in [2.75, 3.05) is 22.4 Å². The molecule has 0 saturated carbocycles. The van der Waals surface area contributed by atoms with E-state index >= 15 is 0 Å². The van der Waals surface area contributed by atoms with E-state index in [4.69, 9.17) is 0 Å². The third-order valence-electron chi connectivity index (χ3n) is 5.32. The number of hydrogen-bond donors (Lipinski definition) is 1. The van der Waals surface area contributed by atoms with E-state index in [-0.39, 0.29) is 5.91 Å². The van der Waals surface area contributed by atoms with Gasteiger partial charge in [0.2, 0.25) is 10.0 Å². The summed E-state index contributed by atoms with van der Waals surface area (Å²) in [6, 6.07) is 23.1. The SMILES string of the molecule is CS(=O)(=O)N1CCCc2cc(C(=O)Nc3ccccc3Cc3ccccc3)ccc21. The monoisotopic (exact) mass is 420 g/mol. The summed E-state index contributed by atoms with van der Waals surface area (Å²) in [5.74, 6) is -0.199. The minimum absolute atomic E-state index is 0.199. The Morgan fingerprint density at radius 3 is 2.50 bits per heavy atom. The lowest BCUT2D eigenvalue weighted by molar-refractivity contribution is 0.102. The van der Waals surface area contributed by atoms with Gasteiger partial charge in [-0.15, -0.1) is 0 Å². The van der Waals surface area contributed by atoms with Crippen LogP contribution in [0.1, 0.15) is 33.5 Å². The first kappa shape index (κ1) is 20.2. The van der Waals surface area contributed by atoms with Gasteiger partial charge in [0, 0.05) is 17.8 Å². The Kier molecular flexibility index (Phi) is 5.59. The number of nitrogens with zero attached hydrogens (tertiary/aromatic N) is 1. The summed E-state index contributed by atoms with van der Waals surface area (Å²) >= 11 is 0. The van der Waals surface area contributed by atoms with Gasteiger partial charge in [-0.2, -0.15) is 0 Å². The summed E-state index contributed by atoms with van der Waals surface area (Å²) in [4.78, 5) is 12.9. The lowest BCUT2D eigenvalue weighted by Gasteiger charge is -2.29. The molecule has 0 atom stereocenters. The quantitative estimate of drug-likeness (QED) is 0.671. The highest BCUT2D eigenvalue weighted by atomic mass is 32.2. The summed E-state index contributed by atoms with van der Waals surface area (Å²) in [7, 11) is -3.32. The molecule has 1 heterocycles. The molecule has 4 rings (SSSR count). The lowest BCUT2D eigenvalue weighted by Crippen LogP contribution is -2.34. The van der Waals surface area contributed by atoms with Crippen molar-refractivity contribution >= 4 is 27.3 Å². The number of carbonyl (C=O) groups is 1. The van der Waals surface area contributed by atoms with Crippen molar-refractivity contribution in [1.82, 2.24) is 0 Å². The number of benzene rings is 3. The number of hydrogen-bond acceptors (Lipinski definition) is 3. The van der Waals surface area contributed by atoms with Gasteiger partial charge in [-0.3, -0.25) is 9.10 Å². The van der Waals surface area contributed by atoms with Crippen LogP contribution < -0.4 is 9.62 Å². The van der Waals surface area contributed by atoms with Gasteiger partial charge in [-0.05, 0) is 60.2 Å². The van der Waals surface area contributed by atoms with E-state index in [1.54, 1.807) is 12.1 Å². The zero-order chi connectivity index (χ0) is 21.1. The summed E-state index contributed by atoms with van der Waals surface area (Å²) < 4.78 is 25.5. The first-order valence-electron chi connectivity index (χ1n) is 9.95. The van der Waals surface area contributed by atoms with Crippen LogP contribution in [0.4, 0.5) is 11.4 Å². The van der Waals surface area contributed by atoms with Gasteiger partial charge < -0.3 is 5.32 Å². The van der Waals surface area contributed by atoms with E-state index in [1.165, 1.54) is 16.1 Å². The average Bonchev–Trinajstić information content (AvgIpc) is 2.74. The number of para-hydroxylation sites is 1. The molecule has 6 heteroatoms. The Morgan fingerprint density at radius 2 is 1.73 bits per heavy atom. The zero-order valence-corrected chi connectivity index (χ0v) is 17.7. The number of carbonyl (C=O) groups excluding carboxylic acids is 1. The minimum atomic E-state index is -3.32. The summed E-state index contributed by atoms with van der Waals surface area (Å²) in [5.41, 5.74) is 5.08. The largest absolute Gasteiger partial charge is 0.322 e. The fourth-order valence-electron chi connectivity index (χ4n) is 3.85. The Morgan fingerprint density at radius 1 is 1.00 bits per heavy atom. The normalized spacial score (nSPS) is 13.6. The molecule has 1 aliphatic rings. The van der Waals surface area contributed by atoms with Crippen LogP contribution in [0.3, 0.4) is 0 Å². The van der Waals surface area contributed by atoms with Crippen molar-refractivity contribution in [3.8, 4) is 0 Å². The van der Waals surface area contributed by atoms with Crippen LogP contribution in [0.2, 0.25) is 0 Å². The van der Waals surface area contributed by atoms with E-state index in [2.05, 4.69) is 17.4 Å². The second-order valence-corrected chi connectivity index (χ2v) is 9.46. The number of fused-ring (bicyclic) bond motifs is 1. The van der Waals surface area contributed by atoms with Crippen LogP contribution >= 0.6 is 0 Å². The van der Waals surface area contributed by atoms with Crippen LogP contribution in [0.15, 0.2) is 72.8 Å². The van der Waals surface area contributed by atoms with Crippen LogP contribution in [0.25, 0.3) is 0 Å². The molecule has 3 aromatic carbocycles. The molecule has 0 fully saturated rings. The predicted molar refractivity (Wildman–Crippen MR) is 121 cm³/mol. The fraction of sp³-hybridized carbons (Fsp3) is 0.208. The van der Waals surface area contributed by atoms with Crippen LogP contribution in [-0.2, 0) is 22.9 Å². The molecular formula is C24H24N2O3S. The third kappa shape index (κ3) is 4.39. The number of nitrogens with one attached hydrogen (secondary N) is 1. The van der Waals surface area contributed by atoms with E-state index in [1.807, 2.05) is 48.5 Å². The van der Waals surface area contributed by atoms with Crippen LogP contribution in [0, 0.1) is 0 Å². The summed E-state index contributed by atoms with van der Waals surface area (Å²) in [6.45, 7) is 0.476. The molecule has 0 bridgehead atoms. The molecule has 1 amide bonds. The Labute approximate surface area is 177 Å². The van der Waals surface area contributed by atoms with Gasteiger partial charge in [0.1, 0.15) is 0 Å². The van der Waals surface area contributed by atoms with Gasteiger partial charge in [0.15, 0.2) is 0 Å². The fourth-order valence-corrected chi connectivity index (χ4v) is 4.85. The topological polar surface area (TPSA) is 66.5 Å². The zero-order valence-electron chi connectivity index (χ0n) is 16.8. The van der Waals surface area contributed by atoms with Crippen molar-refractivity contribution < 1.29 is 13.2 Å².